The minimum atomic E-state index is -0.0177. The van der Waals surface area contributed by atoms with Crippen LogP contribution in [0, 0.1) is 0 Å². The molecule has 90 valence electrons. The van der Waals surface area contributed by atoms with Gasteiger partial charge in [0.25, 0.3) is 5.91 Å². The highest BCUT2D eigenvalue weighted by atomic mass is 16.2. The molecular formula is C12H21N3O. The number of carbonyl (C=O) groups is 1. The summed E-state index contributed by atoms with van der Waals surface area (Å²) in [5, 5.41) is 6.99. The summed E-state index contributed by atoms with van der Waals surface area (Å²) in [7, 11) is 0. The molecule has 16 heavy (non-hydrogen) atoms. The fourth-order valence-electron chi connectivity index (χ4n) is 1.62. The van der Waals surface area contributed by atoms with E-state index in [-0.39, 0.29) is 5.91 Å². The van der Waals surface area contributed by atoms with Gasteiger partial charge in [0.15, 0.2) is 0 Å². The summed E-state index contributed by atoms with van der Waals surface area (Å²) >= 11 is 0. The first-order valence-electron chi connectivity index (χ1n) is 6.09. The Kier molecular flexibility index (Phi) is 5.61. The van der Waals surface area contributed by atoms with Crippen LogP contribution >= 0.6 is 0 Å². The van der Waals surface area contributed by atoms with E-state index in [0.29, 0.717) is 5.69 Å². The second kappa shape index (κ2) is 7.04. The van der Waals surface area contributed by atoms with E-state index >= 15 is 0 Å². The Morgan fingerprint density at radius 3 is 2.88 bits per heavy atom. The van der Waals surface area contributed by atoms with Gasteiger partial charge in [0.05, 0.1) is 0 Å². The average molecular weight is 223 g/mol. The minimum absolute atomic E-state index is 0.0177. The van der Waals surface area contributed by atoms with Crippen LogP contribution in [0.1, 0.15) is 50.0 Å². The number of amides is 1. The molecule has 0 saturated carbocycles. The Labute approximate surface area is 97.0 Å². The second-order valence-corrected chi connectivity index (χ2v) is 3.85. The minimum Gasteiger partial charge on any atom is -0.351 e. The van der Waals surface area contributed by atoms with Gasteiger partial charge in [-0.25, -0.2) is 0 Å². The number of aromatic nitrogens is 2. The molecule has 0 radical (unpaired) electrons. The zero-order chi connectivity index (χ0) is 11.8. The number of unbranched alkanes of at least 4 members (excludes halogenated alkanes) is 3. The van der Waals surface area contributed by atoms with Gasteiger partial charge in [0.1, 0.15) is 5.69 Å². The molecule has 0 aliphatic rings. The smallest absolute Gasteiger partial charge is 0.269 e. The summed E-state index contributed by atoms with van der Waals surface area (Å²) in [6.07, 6.45) is 6.36. The van der Waals surface area contributed by atoms with E-state index in [2.05, 4.69) is 17.3 Å². The van der Waals surface area contributed by atoms with Crippen LogP contribution in [0.3, 0.4) is 0 Å². The molecule has 1 rings (SSSR count). The lowest BCUT2D eigenvalue weighted by molar-refractivity contribution is 0.0942. The topological polar surface area (TPSA) is 46.9 Å². The third-order valence-electron chi connectivity index (χ3n) is 2.56. The van der Waals surface area contributed by atoms with Crippen molar-refractivity contribution in [1.82, 2.24) is 15.1 Å². The van der Waals surface area contributed by atoms with Gasteiger partial charge >= 0.3 is 0 Å². The SMILES string of the molecule is CCCCCCNC(=O)c1ccnn1CC. The van der Waals surface area contributed by atoms with Crippen molar-refractivity contribution in [2.45, 2.75) is 46.1 Å². The molecule has 0 aromatic carbocycles. The molecule has 0 bridgehead atoms. The molecule has 0 unspecified atom stereocenters. The van der Waals surface area contributed by atoms with Crippen LogP contribution in [0.25, 0.3) is 0 Å². The molecule has 4 heteroatoms. The van der Waals surface area contributed by atoms with Crippen molar-refractivity contribution in [3.8, 4) is 0 Å². The van der Waals surface area contributed by atoms with Crippen LogP contribution in [0.5, 0.6) is 0 Å². The lowest BCUT2D eigenvalue weighted by Gasteiger charge is -2.06. The highest BCUT2D eigenvalue weighted by Crippen LogP contribution is 2.00. The Balaban J connectivity index is 2.30. The third kappa shape index (κ3) is 3.68. The molecular weight excluding hydrogens is 202 g/mol. The van der Waals surface area contributed by atoms with E-state index in [1.807, 2.05) is 6.92 Å². The van der Waals surface area contributed by atoms with E-state index in [4.69, 9.17) is 0 Å². The maximum Gasteiger partial charge on any atom is 0.269 e. The van der Waals surface area contributed by atoms with Crippen molar-refractivity contribution in [2.24, 2.45) is 0 Å². The highest BCUT2D eigenvalue weighted by molar-refractivity contribution is 5.92. The lowest BCUT2D eigenvalue weighted by atomic mass is 10.2. The van der Waals surface area contributed by atoms with E-state index in [1.54, 1.807) is 16.9 Å². The molecule has 1 aromatic heterocycles. The molecule has 1 amide bonds. The highest BCUT2D eigenvalue weighted by Gasteiger charge is 2.09. The third-order valence-corrected chi connectivity index (χ3v) is 2.56. The molecule has 0 aliphatic heterocycles. The first-order chi connectivity index (χ1) is 7.79. The van der Waals surface area contributed by atoms with Gasteiger partial charge in [-0.05, 0) is 19.4 Å². The second-order valence-electron chi connectivity index (χ2n) is 3.85. The largest absolute Gasteiger partial charge is 0.351 e. The van der Waals surface area contributed by atoms with Gasteiger partial charge < -0.3 is 5.32 Å². The van der Waals surface area contributed by atoms with Crippen molar-refractivity contribution in [2.75, 3.05) is 6.54 Å². The number of hydrogen-bond donors (Lipinski definition) is 1. The molecule has 0 saturated heterocycles. The van der Waals surface area contributed by atoms with Crippen LogP contribution in [0.2, 0.25) is 0 Å². The molecule has 1 heterocycles. The molecule has 0 aliphatic carbocycles. The van der Waals surface area contributed by atoms with E-state index in [9.17, 15) is 4.79 Å². The summed E-state index contributed by atoms with van der Waals surface area (Å²) in [5.41, 5.74) is 0.651. The van der Waals surface area contributed by atoms with Crippen molar-refractivity contribution in [3.05, 3.63) is 18.0 Å². The van der Waals surface area contributed by atoms with Crippen LogP contribution in [0.15, 0.2) is 12.3 Å². The van der Waals surface area contributed by atoms with Crippen LogP contribution in [-0.4, -0.2) is 22.2 Å². The molecule has 1 N–H and O–H groups in total. The molecule has 0 spiro atoms. The Hall–Kier alpha value is -1.32. The van der Waals surface area contributed by atoms with Crippen LogP contribution in [-0.2, 0) is 6.54 Å². The Morgan fingerprint density at radius 2 is 2.19 bits per heavy atom. The number of nitrogens with zero attached hydrogens (tertiary/aromatic N) is 2. The maximum absolute atomic E-state index is 11.7. The van der Waals surface area contributed by atoms with Crippen molar-refractivity contribution >= 4 is 5.91 Å². The normalized spacial score (nSPS) is 10.4. The number of nitrogens with one attached hydrogen (secondary N) is 1. The standard InChI is InChI=1S/C12H21N3O/c1-3-5-6-7-9-13-12(16)11-8-10-14-15(11)4-2/h8,10H,3-7,9H2,1-2H3,(H,13,16). The van der Waals surface area contributed by atoms with Gasteiger partial charge in [-0.15, -0.1) is 0 Å². The monoisotopic (exact) mass is 223 g/mol. The van der Waals surface area contributed by atoms with E-state index in [0.717, 1.165) is 19.5 Å². The summed E-state index contributed by atoms with van der Waals surface area (Å²) in [5.74, 6) is -0.0177. The quantitative estimate of drug-likeness (QED) is 0.720. The Morgan fingerprint density at radius 1 is 1.38 bits per heavy atom. The molecule has 4 nitrogen and oxygen atoms in total. The molecule has 0 fully saturated rings. The Bertz CT molecular complexity index is 320. The molecule has 0 atom stereocenters. The van der Waals surface area contributed by atoms with E-state index in [1.165, 1.54) is 19.3 Å². The van der Waals surface area contributed by atoms with Gasteiger partial charge in [-0.1, -0.05) is 26.2 Å². The van der Waals surface area contributed by atoms with Gasteiger partial charge in [-0.3, -0.25) is 9.48 Å². The van der Waals surface area contributed by atoms with Gasteiger partial charge in [-0.2, -0.15) is 5.10 Å². The maximum atomic E-state index is 11.7. The summed E-state index contributed by atoms with van der Waals surface area (Å²) < 4.78 is 1.71. The first kappa shape index (κ1) is 12.7. The summed E-state index contributed by atoms with van der Waals surface area (Å²) in [6.45, 7) is 5.64. The molecule has 1 aromatic rings. The van der Waals surface area contributed by atoms with Crippen molar-refractivity contribution in [1.29, 1.82) is 0 Å². The van der Waals surface area contributed by atoms with Gasteiger partial charge in [0, 0.05) is 19.3 Å². The fraction of sp³-hybridized carbons (Fsp3) is 0.667. The first-order valence-corrected chi connectivity index (χ1v) is 6.09. The fourth-order valence-corrected chi connectivity index (χ4v) is 1.62. The predicted octanol–water partition coefficient (Wildman–Crippen LogP) is 2.21. The zero-order valence-electron chi connectivity index (χ0n) is 10.2. The lowest BCUT2D eigenvalue weighted by Crippen LogP contribution is -2.27. The summed E-state index contributed by atoms with van der Waals surface area (Å²) in [4.78, 5) is 11.7. The number of rotatable bonds is 7. The summed E-state index contributed by atoms with van der Waals surface area (Å²) in [6, 6.07) is 1.75. The number of hydrogen-bond acceptors (Lipinski definition) is 2. The van der Waals surface area contributed by atoms with Crippen molar-refractivity contribution < 1.29 is 4.79 Å². The van der Waals surface area contributed by atoms with Crippen molar-refractivity contribution in [3.63, 3.8) is 0 Å². The van der Waals surface area contributed by atoms with Gasteiger partial charge in [0.2, 0.25) is 0 Å². The predicted molar refractivity (Wildman–Crippen MR) is 64.4 cm³/mol. The average Bonchev–Trinajstić information content (AvgIpc) is 2.76. The van der Waals surface area contributed by atoms with E-state index < -0.39 is 0 Å². The number of aryl methyl sites for hydroxylation is 1. The zero-order valence-corrected chi connectivity index (χ0v) is 10.2. The van der Waals surface area contributed by atoms with Crippen LogP contribution in [0.4, 0.5) is 0 Å². The van der Waals surface area contributed by atoms with Crippen LogP contribution < -0.4 is 5.32 Å². The number of carbonyl (C=O) groups excluding carboxylic acids is 1.